The first-order valence-corrected chi connectivity index (χ1v) is 7.90. The van der Waals surface area contributed by atoms with Crippen LogP contribution >= 0.6 is 0 Å². The average molecular weight is 293 g/mol. The number of aromatic nitrogens is 2. The molecule has 1 atom stereocenters. The third kappa shape index (κ3) is 4.30. The number of carbonyl (C=O) groups is 1. The van der Waals surface area contributed by atoms with Gasteiger partial charge in [0.1, 0.15) is 5.54 Å². The van der Waals surface area contributed by atoms with E-state index in [0.717, 1.165) is 37.9 Å². The van der Waals surface area contributed by atoms with E-state index in [1.165, 1.54) is 5.69 Å². The second kappa shape index (κ2) is 6.60. The quantitative estimate of drug-likeness (QED) is 0.748. The van der Waals surface area contributed by atoms with Crippen molar-refractivity contribution in [2.24, 2.45) is 0 Å². The van der Waals surface area contributed by atoms with Crippen molar-refractivity contribution in [3.8, 4) is 0 Å². The molecule has 1 aliphatic rings. The fraction of sp³-hybridized carbons (Fsp3) is 0.750. The van der Waals surface area contributed by atoms with Crippen molar-refractivity contribution < 1.29 is 9.53 Å². The van der Waals surface area contributed by atoms with E-state index in [0.29, 0.717) is 12.6 Å². The smallest absolute Gasteiger partial charge is 0.326 e. The molecule has 21 heavy (non-hydrogen) atoms. The molecule has 5 nitrogen and oxygen atoms in total. The zero-order valence-corrected chi connectivity index (χ0v) is 13.6. The molecule has 1 unspecified atom stereocenters. The van der Waals surface area contributed by atoms with Gasteiger partial charge in [-0.25, -0.2) is 0 Å². The van der Waals surface area contributed by atoms with Gasteiger partial charge in [-0.1, -0.05) is 0 Å². The van der Waals surface area contributed by atoms with Gasteiger partial charge in [0, 0.05) is 18.3 Å². The monoisotopic (exact) mass is 293 g/mol. The molecule has 2 rings (SSSR count). The van der Waals surface area contributed by atoms with Gasteiger partial charge in [-0.15, -0.1) is 0 Å². The highest BCUT2D eigenvalue weighted by Gasteiger charge is 2.39. The molecule has 118 valence electrons. The van der Waals surface area contributed by atoms with Gasteiger partial charge in [0.25, 0.3) is 0 Å². The zero-order chi connectivity index (χ0) is 15.5. The highest BCUT2D eigenvalue weighted by molar-refractivity contribution is 5.80. The fourth-order valence-corrected chi connectivity index (χ4v) is 2.69. The van der Waals surface area contributed by atoms with Gasteiger partial charge in [-0.2, -0.15) is 5.10 Å². The molecule has 0 spiro atoms. The molecule has 1 N–H and O–H groups in total. The Bertz CT molecular complexity index is 494. The lowest BCUT2D eigenvalue weighted by molar-refractivity contribution is -0.151. The molecule has 1 fully saturated rings. The first-order chi connectivity index (χ1) is 9.94. The molecule has 1 aromatic rings. The molecule has 0 saturated heterocycles. The molecular formula is C16H27N3O2. The number of rotatable bonds is 8. The number of esters is 1. The van der Waals surface area contributed by atoms with Crippen LogP contribution in [0.15, 0.2) is 6.07 Å². The van der Waals surface area contributed by atoms with E-state index < -0.39 is 5.54 Å². The van der Waals surface area contributed by atoms with Crippen molar-refractivity contribution in [3.05, 3.63) is 17.5 Å². The Kier molecular flexibility index (Phi) is 5.04. The molecule has 5 heteroatoms. The molecule has 0 radical (unpaired) electrons. The third-order valence-corrected chi connectivity index (χ3v) is 3.98. The van der Waals surface area contributed by atoms with Crippen LogP contribution in [0.3, 0.4) is 0 Å². The normalized spacial score (nSPS) is 17.5. The molecule has 1 aromatic heterocycles. The summed E-state index contributed by atoms with van der Waals surface area (Å²) in [6, 6.07) is 2.56. The molecule has 0 amide bonds. The predicted octanol–water partition coefficient (Wildman–Crippen LogP) is 2.35. The first-order valence-electron chi connectivity index (χ1n) is 7.90. The van der Waals surface area contributed by atoms with E-state index in [1.54, 1.807) is 0 Å². The van der Waals surface area contributed by atoms with Crippen LogP contribution in [0.5, 0.6) is 0 Å². The van der Waals surface area contributed by atoms with Crippen LogP contribution in [0.4, 0.5) is 0 Å². The summed E-state index contributed by atoms with van der Waals surface area (Å²) in [7, 11) is 0. The maximum Gasteiger partial charge on any atom is 0.326 e. The number of nitrogens with zero attached hydrogens (tertiary/aromatic N) is 2. The minimum atomic E-state index is -0.576. The number of aryl methyl sites for hydroxylation is 3. The number of hydrogen-bond acceptors (Lipinski definition) is 4. The summed E-state index contributed by atoms with van der Waals surface area (Å²) >= 11 is 0. The lowest BCUT2D eigenvalue weighted by Crippen LogP contribution is -2.51. The summed E-state index contributed by atoms with van der Waals surface area (Å²) in [5, 5.41) is 7.92. The Balaban J connectivity index is 1.91. The van der Waals surface area contributed by atoms with Crippen LogP contribution < -0.4 is 5.32 Å². The SMILES string of the molecule is CCOC(=O)C(C)(CCCn1nc(C)cc1C)NC1CC1. The highest BCUT2D eigenvalue weighted by atomic mass is 16.5. The van der Waals surface area contributed by atoms with E-state index in [-0.39, 0.29) is 5.97 Å². The van der Waals surface area contributed by atoms with Crippen LogP contribution in [0.1, 0.15) is 50.9 Å². The summed E-state index contributed by atoms with van der Waals surface area (Å²) in [6.07, 6.45) is 3.98. The lowest BCUT2D eigenvalue weighted by atomic mass is 9.95. The van der Waals surface area contributed by atoms with Gasteiger partial charge in [0.15, 0.2) is 0 Å². The van der Waals surface area contributed by atoms with Gasteiger partial charge in [-0.05, 0) is 59.4 Å². The van der Waals surface area contributed by atoms with Crippen molar-refractivity contribution in [1.29, 1.82) is 0 Å². The summed E-state index contributed by atoms with van der Waals surface area (Å²) in [5.41, 5.74) is 1.63. The van der Waals surface area contributed by atoms with Gasteiger partial charge in [-0.3, -0.25) is 14.8 Å². The van der Waals surface area contributed by atoms with Crippen molar-refractivity contribution in [3.63, 3.8) is 0 Å². The van der Waals surface area contributed by atoms with Crippen LogP contribution in [0, 0.1) is 13.8 Å². The Hall–Kier alpha value is -1.36. The van der Waals surface area contributed by atoms with Crippen molar-refractivity contribution in [1.82, 2.24) is 15.1 Å². The maximum atomic E-state index is 12.2. The second-order valence-electron chi connectivity index (χ2n) is 6.22. The summed E-state index contributed by atoms with van der Waals surface area (Å²) in [6.45, 7) is 9.14. The summed E-state index contributed by atoms with van der Waals surface area (Å²) in [5.74, 6) is -0.134. The molecule has 1 saturated carbocycles. The van der Waals surface area contributed by atoms with Gasteiger partial charge >= 0.3 is 5.97 Å². The van der Waals surface area contributed by atoms with E-state index in [4.69, 9.17) is 4.74 Å². The van der Waals surface area contributed by atoms with Crippen LogP contribution in [0.25, 0.3) is 0 Å². The van der Waals surface area contributed by atoms with Crippen LogP contribution in [-0.2, 0) is 16.1 Å². The van der Waals surface area contributed by atoms with Gasteiger partial charge in [0.2, 0.25) is 0 Å². The fourth-order valence-electron chi connectivity index (χ4n) is 2.69. The molecule has 1 heterocycles. The summed E-state index contributed by atoms with van der Waals surface area (Å²) in [4.78, 5) is 12.2. The number of hydrogen-bond donors (Lipinski definition) is 1. The van der Waals surface area contributed by atoms with Crippen molar-refractivity contribution >= 4 is 5.97 Å². The molecule has 0 aromatic carbocycles. The van der Waals surface area contributed by atoms with Gasteiger partial charge < -0.3 is 4.74 Å². The Morgan fingerprint density at radius 3 is 2.76 bits per heavy atom. The predicted molar refractivity (Wildman–Crippen MR) is 82.1 cm³/mol. The Morgan fingerprint density at radius 2 is 2.24 bits per heavy atom. The minimum absolute atomic E-state index is 0.134. The Morgan fingerprint density at radius 1 is 1.52 bits per heavy atom. The molecule has 1 aliphatic carbocycles. The van der Waals surface area contributed by atoms with Crippen LogP contribution in [0.2, 0.25) is 0 Å². The molecule has 0 bridgehead atoms. The largest absolute Gasteiger partial charge is 0.465 e. The van der Waals surface area contributed by atoms with E-state index in [9.17, 15) is 4.79 Å². The van der Waals surface area contributed by atoms with Crippen LogP contribution in [-0.4, -0.2) is 33.9 Å². The zero-order valence-electron chi connectivity index (χ0n) is 13.6. The second-order valence-corrected chi connectivity index (χ2v) is 6.22. The van der Waals surface area contributed by atoms with E-state index in [1.807, 2.05) is 25.5 Å². The third-order valence-electron chi connectivity index (χ3n) is 3.98. The first kappa shape index (κ1) is 16.0. The minimum Gasteiger partial charge on any atom is -0.465 e. The number of ether oxygens (including phenoxy) is 1. The van der Waals surface area contributed by atoms with E-state index >= 15 is 0 Å². The number of carbonyl (C=O) groups excluding carboxylic acids is 1. The standard InChI is InChI=1S/C16H27N3O2/c1-5-21-15(20)16(4,17-14-7-8-14)9-6-10-19-13(3)11-12(2)18-19/h11,14,17H,5-10H2,1-4H3. The Labute approximate surface area is 127 Å². The topological polar surface area (TPSA) is 56.2 Å². The average Bonchev–Trinajstić information content (AvgIpc) is 3.15. The van der Waals surface area contributed by atoms with E-state index in [2.05, 4.69) is 23.4 Å². The molecule has 0 aliphatic heterocycles. The maximum absolute atomic E-state index is 12.2. The van der Waals surface area contributed by atoms with Gasteiger partial charge in [0.05, 0.1) is 12.3 Å². The van der Waals surface area contributed by atoms with Crippen molar-refractivity contribution in [2.45, 2.75) is 71.5 Å². The summed E-state index contributed by atoms with van der Waals surface area (Å²) < 4.78 is 7.25. The van der Waals surface area contributed by atoms with Crippen molar-refractivity contribution in [2.75, 3.05) is 6.61 Å². The number of nitrogens with one attached hydrogen (secondary N) is 1. The molecular weight excluding hydrogens is 266 g/mol. The lowest BCUT2D eigenvalue weighted by Gasteiger charge is -2.28. The highest BCUT2D eigenvalue weighted by Crippen LogP contribution is 2.26.